The molecule has 0 spiro atoms. The minimum atomic E-state index is -0.0888. The zero-order valence-corrected chi connectivity index (χ0v) is 25.1. The highest BCUT2D eigenvalue weighted by atomic mass is 16.3. The van der Waals surface area contributed by atoms with Gasteiger partial charge in [0.2, 0.25) is 0 Å². The van der Waals surface area contributed by atoms with Crippen molar-refractivity contribution in [1.82, 2.24) is 0 Å². The minimum absolute atomic E-state index is 0.0888. The van der Waals surface area contributed by atoms with Crippen LogP contribution in [0.4, 0.5) is 17.1 Å². The first kappa shape index (κ1) is 25.2. The first-order chi connectivity index (χ1) is 21.5. The van der Waals surface area contributed by atoms with E-state index in [1.807, 2.05) is 6.07 Å². The Morgan fingerprint density at radius 3 is 2.16 bits per heavy atom. The van der Waals surface area contributed by atoms with Crippen LogP contribution in [0, 0.1) is 6.92 Å². The fourth-order valence-corrected chi connectivity index (χ4v) is 7.51. The third-order valence-corrected chi connectivity index (χ3v) is 9.74. The third-order valence-electron chi connectivity index (χ3n) is 9.74. The molecule has 1 aromatic heterocycles. The van der Waals surface area contributed by atoms with Gasteiger partial charge in [0.1, 0.15) is 5.58 Å². The van der Waals surface area contributed by atoms with Crippen LogP contribution in [0.5, 0.6) is 0 Å². The lowest BCUT2D eigenvalue weighted by atomic mass is 9.81. The molecule has 1 aliphatic rings. The van der Waals surface area contributed by atoms with E-state index in [9.17, 15) is 0 Å². The molecule has 0 amide bonds. The minimum Gasteiger partial charge on any atom is -0.454 e. The molecule has 0 bridgehead atoms. The highest BCUT2D eigenvalue weighted by Crippen LogP contribution is 2.53. The van der Waals surface area contributed by atoms with Gasteiger partial charge >= 0.3 is 0 Å². The van der Waals surface area contributed by atoms with Gasteiger partial charge in [-0.2, -0.15) is 0 Å². The molecular formula is C42H31NO. The number of anilines is 3. The number of fused-ring (bicyclic) bond motifs is 9. The Bertz CT molecular complexity index is 2440. The lowest BCUT2D eigenvalue weighted by Gasteiger charge is -2.27. The van der Waals surface area contributed by atoms with Crippen LogP contribution in [-0.4, -0.2) is 0 Å². The Balaban J connectivity index is 1.28. The van der Waals surface area contributed by atoms with Gasteiger partial charge < -0.3 is 9.32 Å². The molecule has 210 valence electrons. The van der Waals surface area contributed by atoms with E-state index in [4.69, 9.17) is 4.42 Å². The van der Waals surface area contributed by atoms with Crippen LogP contribution in [0.15, 0.2) is 138 Å². The monoisotopic (exact) mass is 565 g/mol. The van der Waals surface area contributed by atoms with Crippen molar-refractivity contribution in [1.29, 1.82) is 0 Å². The van der Waals surface area contributed by atoms with Gasteiger partial charge in [-0.25, -0.2) is 0 Å². The largest absolute Gasteiger partial charge is 0.454 e. The van der Waals surface area contributed by atoms with Crippen molar-refractivity contribution in [3.05, 3.63) is 150 Å². The first-order valence-electron chi connectivity index (χ1n) is 15.4. The summed E-state index contributed by atoms with van der Waals surface area (Å²) in [6.07, 6.45) is 0. The molecule has 9 rings (SSSR count). The molecule has 0 radical (unpaired) electrons. The molecule has 0 atom stereocenters. The van der Waals surface area contributed by atoms with Crippen molar-refractivity contribution >= 4 is 60.5 Å². The number of para-hydroxylation sites is 3. The van der Waals surface area contributed by atoms with Gasteiger partial charge in [0.05, 0.1) is 5.69 Å². The van der Waals surface area contributed by atoms with Crippen molar-refractivity contribution < 1.29 is 4.42 Å². The molecule has 1 aliphatic carbocycles. The lowest BCUT2D eigenvalue weighted by Crippen LogP contribution is -2.15. The fourth-order valence-electron chi connectivity index (χ4n) is 7.51. The Kier molecular flexibility index (Phi) is 5.20. The number of rotatable bonds is 3. The van der Waals surface area contributed by atoms with Crippen LogP contribution in [0.3, 0.4) is 0 Å². The highest BCUT2D eigenvalue weighted by Gasteiger charge is 2.36. The zero-order chi connectivity index (χ0) is 29.6. The Morgan fingerprint density at radius 2 is 1.27 bits per heavy atom. The molecule has 0 saturated heterocycles. The van der Waals surface area contributed by atoms with E-state index in [1.165, 1.54) is 49.4 Å². The van der Waals surface area contributed by atoms with E-state index in [0.29, 0.717) is 0 Å². The molecular weight excluding hydrogens is 534 g/mol. The number of aryl methyl sites for hydroxylation is 1. The van der Waals surface area contributed by atoms with Crippen LogP contribution in [0.25, 0.3) is 54.6 Å². The van der Waals surface area contributed by atoms with Crippen LogP contribution < -0.4 is 4.90 Å². The van der Waals surface area contributed by atoms with Gasteiger partial charge in [0, 0.05) is 27.6 Å². The third kappa shape index (κ3) is 3.48. The van der Waals surface area contributed by atoms with E-state index >= 15 is 0 Å². The van der Waals surface area contributed by atoms with Crippen LogP contribution >= 0.6 is 0 Å². The second-order valence-electron chi connectivity index (χ2n) is 12.6. The summed E-state index contributed by atoms with van der Waals surface area (Å²) >= 11 is 0. The van der Waals surface area contributed by atoms with Gasteiger partial charge in [-0.05, 0) is 98.8 Å². The van der Waals surface area contributed by atoms with Gasteiger partial charge in [-0.15, -0.1) is 0 Å². The van der Waals surface area contributed by atoms with E-state index in [0.717, 1.165) is 39.0 Å². The lowest BCUT2D eigenvalue weighted by molar-refractivity contribution is 0.661. The van der Waals surface area contributed by atoms with Crippen molar-refractivity contribution in [2.45, 2.75) is 26.2 Å². The zero-order valence-electron chi connectivity index (χ0n) is 25.1. The van der Waals surface area contributed by atoms with Gasteiger partial charge in [0.15, 0.2) is 5.58 Å². The summed E-state index contributed by atoms with van der Waals surface area (Å²) in [6, 6.07) is 48.5. The fraction of sp³-hybridized carbons (Fsp3) is 0.0952. The average molecular weight is 566 g/mol. The van der Waals surface area contributed by atoms with Gasteiger partial charge in [-0.1, -0.05) is 105 Å². The maximum Gasteiger partial charge on any atom is 0.159 e. The molecule has 0 N–H and O–H groups in total. The second kappa shape index (κ2) is 9.08. The molecule has 2 heteroatoms. The van der Waals surface area contributed by atoms with E-state index in [1.54, 1.807) is 0 Å². The van der Waals surface area contributed by atoms with Crippen molar-refractivity contribution in [2.75, 3.05) is 4.90 Å². The normalized spacial score (nSPS) is 13.5. The smallest absolute Gasteiger partial charge is 0.159 e. The van der Waals surface area contributed by atoms with E-state index < -0.39 is 0 Å². The predicted molar refractivity (Wildman–Crippen MR) is 186 cm³/mol. The maximum atomic E-state index is 6.55. The molecule has 1 heterocycles. The number of hydrogen-bond donors (Lipinski definition) is 0. The molecule has 0 unspecified atom stereocenters. The standard InChI is InChI=1S/C42H31NO/c1-26-11-4-8-16-37(26)43(38-17-10-15-33-32-14-7-9-18-39(32)44-41(33)38)30-21-19-28-24-34-36(25-29(28)23-30)42(2,3)35-22-20-27-12-5-6-13-31(27)40(34)35/h4-25H,1-3H3. The average Bonchev–Trinajstić information content (AvgIpc) is 3.54. The van der Waals surface area contributed by atoms with Crippen LogP contribution in [0.1, 0.15) is 30.5 Å². The summed E-state index contributed by atoms with van der Waals surface area (Å²) in [5, 5.41) is 7.37. The SMILES string of the molecule is Cc1ccccc1N(c1ccc2cc3c(cc2c1)C(C)(C)c1ccc2ccccc2c1-3)c1cccc2c1oc1ccccc12. The molecule has 44 heavy (non-hydrogen) atoms. The summed E-state index contributed by atoms with van der Waals surface area (Å²) in [6.45, 7) is 6.91. The van der Waals surface area contributed by atoms with Crippen LogP contribution in [0.2, 0.25) is 0 Å². The van der Waals surface area contributed by atoms with Gasteiger partial charge in [0.25, 0.3) is 0 Å². The van der Waals surface area contributed by atoms with E-state index in [-0.39, 0.29) is 5.41 Å². The van der Waals surface area contributed by atoms with Crippen LogP contribution in [-0.2, 0) is 5.41 Å². The Morgan fingerprint density at radius 1 is 0.545 bits per heavy atom. The highest BCUT2D eigenvalue weighted by molar-refractivity contribution is 6.11. The summed E-state index contributed by atoms with van der Waals surface area (Å²) < 4.78 is 6.55. The number of benzene rings is 7. The number of hydrogen-bond acceptors (Lipinski definition) is 2. The topological polar surface area (TPSA) is 16.4 Å². The van der Waals surface area contributed by atoms with Crippen molar-refractivity contribution in [3.63, 3.8) is 0 Å². The molecule has 0 fully saturated rings. The molecule has 0 aliphatic heterocycles. The predicted octanol–water partition coefficient (Wildman–Crippen LogP) is 12.0. The molecule has 0 saturated carbocycles. The van der Waals surface area contributed by atoms with Crippen molar-refractivity contribution in [2.24, 2.45) is 0 Å². The Hall–Kier alpha value is -5.34. The maximum absolute atomic E-state index is 6.55. The summed E-state index contributed by atoms with van der Waals surface area (Å²) in [5.74, 6) is 0. The summed E-state index contributed by atoms with van der Waals surface area (Å²) in [4.78, 5) is 2.36. The summed E-state index contributed by atoms with van der Waals surface area (Å²) in [5.41, 5.74) is 11.7. The summed E-state index contributed by atoms with van der Waals surface area (Å²) in [7, 11) is 0. The van der Waals surface area contributed by atoms with E-state index in [2.05, 4.69) is 153 Å². The molecule has 2 nitrogen and oxygen atoms in total. The Labute approximate surface area is 256 Å². The van der Waals surface area contributed by atoms with Gasteiger partial charge in [-0.3, -0.25) is 0 Å². The number of nitrogens with zero attached hydrogens (tertiary/aromatic N) is 1. The first-order valence-corrected chi connectivity index (χ1v) is 15.4. The molecule has 8 aromatic rings. The van der Waals surface area contributed by atoms with Crippen molar-refractivity contribution in [3.8, 4) is 11.1 Å². The second-order valence-corrected chi connectivity index (χ2v) is 12.6. The molecule has 7 aromatic carbocycles. The quantitative estimate of drug-likeness (QED) is 0.212. The number of furan rings is 1.